The molecule has 0 radical (unpaired) electrons. The highest BCUT2D eigenvalue weighted by molar-refractivity contribution is 5.77. The van der Waals surface area contributed by atoms with Gasteiger partial charge in [0.2, 0.25) is 5.60 Å². The van der Waals surface area contributed by atoms with Crippen molar-refractivity contribution in [3.8, 4) is 5.75 Å². The lowest BCUT2D eigenvalue weighted by atomic mass is 9.52. The first-order valence-corrected chi connectivity index (χ1v) is 13.4. The molecule has 4 atom stereocenters. The number of aliphatic carboxylic acids is 1. The summed E-state index contributed by atoms with van der Waals surface area (Å²) >= 11 is 0. The summed E-state index contributed by atoms with van der Waals surface area (Å²) in [6, 6.07) is 16.1. The Morgan fingerprint density at radius 3 is 2.69 bits per heavy atom. The van der Waals surface area contributed by atoms with Crippen LogP contribution in [0.5, 0.6) is 5.75 Å². The highest BCUT2D eigenvalue weighted by atomic mass is 16.6. The molecule has 2 fully saturated rings. The van der Waals surface area contributed by atoms with Crippen molar-refractivity contribution in [2.24, 2.45) is 5.92 Å². The Labute approximate surface area is 213 Å². The maximum Gasteiger partial charge on any atom is 0.410 e. The van der Waals surface area contributed by atoms with E-state index < -0.39 is 11.6 Å². The summed E-state index contributed by atoms with van der Waals surface area (Å²) in [5.41, 5.74) is 2.32. The van der Waals surface area contributed by atoms with Gasteiger partial charge in [0.15, 0.2) is 0 Å². The molecule has 1 unspecified atom stereocenters. The first kappa shape index (κ1) is 24.7. The Hall–Kier alpha value is -3.02. The van der Waals surface area contributed by atoms with Gasteiger partial charge in [-0.15, -0.1) is 0 Å². The fraction of sp³-hybridized carbons (Fsp3) is 0.533. The molecule has 2 aromatic carbocycles. The molecule has 5 rings (SSSR count). The minimum atomic E-state index is -1.24. The molecule has 2 bridgehead atoms. The zero-order chi connectivity index (χ0) is 25.3. The lowest BCUT2D eigenvalue weighted by Gasteiger charge is -2.58. The van der Waals surface area contributed by atoms with Crippen molar-refractivity contribution < 1.29 is 24.2 Å². The highest BCUT2D eigenvalue weighted by Gasteiger charge is 2.55. The van der Waals surface area contributed by atoms with Crippen molar-refractivity contribution in [1.29, 1.82) is 0 Å². The first-order valence-electron chi connectivity index (χ1n) is 13.4. The summed E-state index contributed by atoms with van der Waals surface area (Å²) in [5, 5.41) is 9.81. The topological polar surface area (TPSA) is 76.1 Å². The number of nitrogens with zero attached hydrogens (tertiary/aromatic N) is 1. The van der Waals surface area contributed by atoms with Gasteiger partial charge in [-0.1, -0.05) is 62.6 Å². The van der Waals surface area contributed by atoms with E-state index in [9.17, 15) is 14.7 Å². The molecule has 0 spiro atoms. The van der Waals surface area contributed by atoms with Crippen molar-refractivity contribution >= 4 is 12.1 Å². The number of fused-ring (bicyclic) bond motifs is 1. The van der Waals surface area contributed by atoms with E-state index in [-0.39, 0.29) is 24.2 Å². The lowest BCUT2D eigenvalue weighted by molar-refractivity contribution is -0.154. The van der Waals surface area contributed by atoms with Crippen molar-refractivity contribution in [3.05, 3.63) is 65.2 Å². The summed E-state index contributed by atoms with van der Waals surface area (Å²) in [5.74, 6) is 0.0839. The number of hydrogen-bond donors (Lipinski definition) is 1. The number of rotatable bonds is 7. The van der Waals surface area contributed by atoms with E-state index in [2.05, 4.69) is 12.1 Å². The van der Waals surface area contributed by atoms with E-state index in [4.69, 9.17) is 9.47 Å². The molecular weight excluding hydrogens is 454 g/mol. The van der Waals surface area contributed by atoms with Crippen molar-refractivity contribution in [2.45, 2.75) is 88.9 Å². The molecule has 2 aliphatic carbocycles. The largest absolute Gasteiger partial charge is 0.478 e. The number of benzene rings is 2. The highest BCUT2D eigenvalue weighted by Crippen LogP contribution is 2.56. The maximum atomic E-state index is 13.2. The summed E-state index contributed by atoms with van der Waals surface area (Å²) in [6.07, 6.45) is 7.21. The average Bonchev–Trinajstić information content (AvgIpc) is 2.88. The van der Waals surface area contributed by atoms with Gasteiger partial charge in [-0.25, -0.2) is 9.59 Å². The Balaban J connectivity index is 1.41. The summed E-state index contributed by atoms with van der Waals surface area (Å²) in [7, 11) is 0. The molecule has 192 valence electrons. The quantitative estimate of drug-likeness (QED) is 0.506. The molecular formula is C30H37NO5. The minimum Gasteiger partial charge on any atom is -0.478 e. The fourth-order valence-electron chi connectivity index (χ4n) is 7.02. The maximum absolute atomic E-state index is 13.2. The van der Waals surface area contributed by atoms with E-state index >= 15 is 0 Å². The third kappa shape index (κ3) is 4.35. The zero-order valence-electron chi connectivity index (χ0n) is 21.4. The standard InChI is InChI=1S/C30H37NO5/c1-3-14-29(2,27(32)33)36-23-13-12-22-18-26-24-11-7-8-15-30(24,25(22)19-23)16-17-31(26)28(34)35-20-21-9-5-4-6-10-21/h4-6,9-10,12-13,19,24,26H,3,7-8,11,14-18,20H2,1-2H3,(H,32,33)/t24-,26+,29?,30+/m0/s1. The van der Waals surface area contributed by atoms with Gasteiger partial charge in [0.25, 0.3) is 0 Å². The van der Waals surface area contributed by atoms with Gasteiger partial charge in [0.1, 0.15) is 12.4 Å². The van der Waals surface area contributed by atoms with Crippen LogP contribution in [0.1, 0.15) is 75.5 Å². The number of hydrogen-bond acceptors (Lipinski definition) is 4. The number of carboxylic acid groups (broad SMARTS) is 1. The smallest absolute Gasteiger partial charge is 0.410 e. The number of ether oxygens (including phenoxy) is 2. The van der Waals surface area contributed by atoms with Gasteiger partial charge < -0.3 is 19.5 Å². The van der Waals surface area contributed by atoms with Crippen LogP contribution in [0.15, 0.2) is 48.5 Å². The third-order valence-corrected chi connectivity index (χ3v) is 8.77. The number of carbonyl (C=O) groups excluding carboxylic acids is 1. The predicted octanol–water partition coefficient (Wildman–Crippen LogP) is 6.10. The van der Waals surface area contributed by atoms with Gasteiger partial charge in [-0.3, -0.25) is 0 Å². The third-order valence-electron chi connectivity index (χ3n) is 8.77. The summed E-state index contributed by atoms with van der Waals surface area (Å²) in [4.78, 5) is 27.2. The zero-order valence-corrected chi connectivity index (χ0v) is 21.4. The SMILES string of the molecule is CCCC(C)(Oc1ccc2c(c1)[C@@]13CCCC[C@H]1[C@@H](C2)N(C(=O)OCc1ccccc1)CC3)C(=O)O. The molecule has 6 nitrogen and oxygen atoms in total. The number of amides is 1. The fourth-order valence-corrected chi connectivity index (χ4v) is 7.02. The van der Waals surface area contributed by atoms with Crippen molar-refractivity contribution in [2.75, 3.05) is 6.54 Å². The molecule has 3 aliphatic rings. The Kier molecular flexibility index (Phi) is 6.71. The molecule has 1 N–H and O–H groups in total. The summed E-state index contributed by atoms with van der Waals surface area (Å²) in [6.45, 7) is 4.61. The molecule has 1 saturated carbocycles. The van der Waals surface area contributed by atoms with Crippen LogP contribution in [0.25, 0.3) is 0 Å². The van der Waals surface area contributed by atoms with Crippen LogP contribution < -0.4 is 4.74 Å². The first-order chi connectivity index (χ1) is 17.4. The molecule has 36 heavy (non-hydrogen) atoms. The van der Waals surface area contributed by atoms with E-state index in [1.165, 1.54) is 24.0 Å². The van der Waals surface area contributed by atoms with Gasteiger partial charge in [-0.2, -0.15) is 0 Å². The van der Waals surface area contributed by atoms with Gasteiger partial charge in [0.05, 0.1) is 0 Å². The minimum absolute atomic E-state index is 0.0104. The predicted molar refractivity (Wildman–Crippen MR) is 137 cm³/mol. The Morgan fingerprint density at radius 2 is 1.94 bits per heavy atom. The van der Waals surface area contributed by atoms with E-state index in [1.807, 2.05) is 48.2 Å². The molecule has 6 heteroatoms. The molecule has 1 saturated heterocycles. The molecule has 1 heterocycles. The average molecular weight is 492 g/mol. The van der Waals surface area contributed by atoms with Crippen LogP contribution in [0, 0.1) is 5.92 Å². The van der Waals surface area contributed by atoms with Crippen molar-refractivity contribution in [1.82, 2.24) is 4.90 Å². The van der Waals surface area contributed by atoms with Crippen LogP contribution in [0.2, 0.25) is 0 Å². The second kappa shape index (κ2) is 9.79. The molecule has 2 aromatic rings. The second-order valence-electron chi connectivity index (χ2n) is 11.0. The number of carboxylic acids is 1. The second-order valence-corrected chi connectivity index (χ2v) is 11.0. The number of carbonyl (C=O) groups is 2. The van der Waals surface area contributed by atoms with Crippen LogP contribution >= 0.6 is 0 Å². The molecule has 1 aliphatic heterocycles. The monoisotopic (exact) mass is 491 g/mol. The van der Waals surface area contributed by atoms with Gasteiger partial charge in [0, 0.05) is 18.0 Å². The van der Waals surface area contributed by atoms with Gasteiger partial charge >= 0.3 is 12.1 Å². The normalized spacial score (nSPS) is 26.2. The Bertz CT molecular complexity index is 1120. The van der Waals surface area contributed by atoms with Crippen LogP contribution in [0.3, 0.4) is 0 Å². The summed E-state index contributed by atoms with van der Waals surface area (Å²) < 4.78 is 11.9. The number of likely N-dealkylation sites (tertiary alicyclic amines) is 1. The molecule has 1 amide bonds. The van der Waals surface area contributed by atoms with Crippen molar-refractivity contribution in [3.63, 3.8) is 0 Å². The van der Waals surface area contributed by atoms with Crippen LogP contribution in [-0.2, 0) is 28.0 Å². The van der Waals surface area contributed by atoms with E-state index in [0.29, 0.717) is 24.6 Å². The number of piperidine rings is 1. The van der Waals surface area contributed by atoms with E-state index in [0.717, 1.165) is 37.7 Å². The molecule has 0 aromatic heterocycles. The van der Waals surface area contributed by atoms with Crippen LogP contribution in [-0.4, -0.2) is 40.3 Å². The Morgan fingerprint density at radius 1 is 1.14 bits per heavy atom. The van der Waals surface area contributed by atoms with Crippen LogP contribution in [0.4, 0.5) is 4.79 Å². The van der Waals surface area contributed by atoms with Gasteiger partial charge in [-0.05, 0) is 73.8 Å². The lowest BCUT2D eigenvalue weighted by Crippen LogP contribution is -2.62. The van der Waals surface area contributed by atoms with E-state index in [1.54, 1.807) is 6.92 Å².